The molecule has 0 bridgehead atoms. The van der Waals surface area contributed by atoms with E-state index in [0.717, 1.165) is 17.4 Å². The van der Waals surface area contributed by atoms with E-state index in [1.807, 2.05) is 0 Å². The molecule has 0 saturated carbocycles. The summed E-state index contributed by atoms with van der Waals surface area (Å²) >= 11 is 6.97. The lowest BCUT2D eigenvalue weighted by atomic mass is 10.1. The summed E-state index contributed by atoms with van der Waals surface area (Å²) in [6.45, 7) is 1.63. The summed E-state index contributed by atoms with van der Waals surface area (Å²) in [6.07, 6.45) is 0. The van der Waals surface area contributed by atoms with Crippen LogP contribution in [0.15, 0.2) is 42.5 Å². The summed E-state index contributed by atoms with van der Waals surface area (Å²) in [5.74, 6) is -4.44. The lowest BCUT2D eigenvalue weighted by Crippen LogP contribution is -2.17. The second-order valence-corrected chi connectivity index (χ2v) is 7.65. The number of primary amides is 1. The van der Waals surface area contributed by atoms with Gasteiger partial charge in [0.05, 0.1) is 31.7 Å². The summed E-state index contributed by atoms with van der Waals surface area (Å²) in [6, 6.07) is 9.35. The zero-order valence-corrected chi connectivity index (χ0v) is 17.0. The smallest absolute Gasteiger partial charge is 0.266 e. The van der Waals surface area contributed by atoms with Crippen LogP contribution in [0.4, 0.5) is 19.5 Å². The first-order valence-corrected chi connectivity index (χ1v) is 9.63. The molecule has 6 nitrogen and oxygen atoms in total. The van der Waals surface area contributed by atoms with Crippen molar-refractivity contribution in [2.24, 2.45) is 5.73 Å². The summed E-state index contributed by atoms with van der Waals surface area (Å²) in [5, 5.41) is 5.59. The third kappa shape index (κ3) is 4.47. The van der Waals surface area contributed by atoms with Crippen LogP contribution in [0, 0.1) is 18.6 Å². The summed E-state index contributed by atoms with van der Waals surface area (Å²) in [5.41, 5.74) is 4.88. The molecule has 0 radical (unpaired) electrons. The molecule has 0 aliphatic heterocycles. The predicted octanol–water partition coefficient (Wildman–Crippen LogP) is 4.59. The largest absolute Gasteiger partial charge is 0.366 e. The van der Waals surface area contributed by atoms with Gasteiger partial charge >= 0.3 is 0 Å². The molecule has 0 atom stereocenters. The second kappa shape index (κ2) is 8.60. The van der Waals surface area contributed by atoms with Gasteiger partial charge in [-0.2, -0.15) is 0 Å². The van der Waals surface area contributed by atoms with Crippen molar-refractivity contribution in [2.75, 3.05) is 10.6 Å². The Morgan fingerprint density at radius 3 is 2.33 bits per heavy atom. The van der Waals surface area contributed by atoms with Crippen LogP contribution >= 0.6 is 22.9 Å². The van der Waals surface area contributed by atoms with Crippen LogP contribution < -0.4 is 16.4 Å². The topological polar surface area (TPSA) is 101 Å². The number of hydrogen-bond donors (Lipinski definition) is 3. The molecule has 1 heterocycles. The number of benzene rings is 2. The second-order valence-electron chi connectivity index (χ2n) is 6.19. The van der Waals surface area contributed by atoms with Crippen LogP contribution in [-0.4, -0.2) is 17.7 Å². The van der Waals surface area contributed by atoms with Crippen molar-refractivity contribution in [3.63, 3.8) is 0 Å². The molecule has 0 spiro atoms. The van der Waals surface area contributed by atoms with E-state index in [-0.39, 0.29) is 15.5 Å². The molecule has 10 heteroatoms. The molecular weight excluding hydrogens is 436 g/mol. The molecule has 3 amide bonds. The molecule has 3 rings (SSSR count). The van der Waals surface area contributed by atoms with E-state index in [2.05, 4.69) is 10.6 Å². The Balaban J connectivity index is 1.81. The Morgan fingerprint density at radius 2 is 1.67 bits per heavy atom. The zero-order chi connectivity index (χ0) is 22.0. The number of amides is 3. The van der Waals surface area contributed by atoms with Gasteiger partial charge < -0.3 is 16.4 Å². The normalized spacial score (nSPS) is 10.5. The monoisotopic (exact) mass is 449 g/mol. The lowest BCUT2D eigenvalue weighted by Gasteiger charge is -2.08. The molecule has 0 unspecified atom stereocenters. The van der Waals surface area contributed by atoms with Crippen molar-refractivity contribution in [3.05, 3.63) is 80.7 Å². The fourth-order valence-corrected chi connectivity index (χ4v) is 3.79. The Morgan fingerprint density at radius 1 is 0.967 bits per heavy atom. The number of hydrogen-bond acceptors (Lipinski definition) is 4. The molecule has 30 heavy (non-hydrogen) atoms. The minimum atomic E-state index is -1.13. The number of aryl methyl sites for hydroxylation is 1. The number of nitrogens with one attached hydrogen (secondary N) is 2. The average Bonchev–Trinajstić information content (AvgIpc) is 3.04. The third-order valence-corrected chi connectivity index (χ3v) is 5.53. The quantitative estimate of drug-likeness (QED) is 0.531. The number of thiophene rings is 1. The standard InChI is InChI=1S/C20H14ClF2N3O3S/c1-9-6-16(26-19(28)10-4-2-3-5-12(10)21)30-17(9)20(29)25-15-7-11(18(24)27)13(22)8-14(15)23/h2-8H,1H3,(H2,24,27)(H,25,29)(H,26,28). The summed E-state index contributed by atoms with van der Waals surface area (Å²) in [4.78, 5) is 36.4. The highest BCUT2D eigenvalue weighted by Gasteiger charge is 2.20. The maximum absolute atomic E-state index is 14.0. The molecule has 1 aromatic heterocycles. The highest BCUT2D eigenvalue weighted by Crippen LogP contribution is 2.29. The molecule has 4 N–H and O–H groups in total. The molecule has 0 aliphatic rings. The van der Waals surface area contributed by atoms with Gasteiger partial charge in [-0.05, 0) is 36.8 Å². The Labute approximate surface area is 178 Å². The van der Waals surface area contributed by atoms with E-state index in [9.17, 15) is 23.2 Å². The van der Waals surface area contributed by atoms with Crippen molar-refractivity contribution in [3.8, 4) is 0 Å². The molecule has 0 aliphatic carbocycles. The molecular formula is C20H14ClF2N3O3S. The molecule has 0 fully saturated rings. The van der Waals surface area contributed by atoms with E-state index < -0.39 is 40.6 Å². The molecule has 2 aromatic carbocycles. The number of rotatable bonds is 5. The first-order chi connectivity index (χ1) is 14.2. The maximum Gasteiger partial charge on any atom is 0.266 e. The number of nitrogens with two attached hydrogens (primary N) is 1. The number of carbonyl (C=O) groups excluding carboxylic acids is 3. The highest BCUT2D eigenvalue weighted by atomic mass is 35.5. The van der Waals surface area contributed by atoms with Gasteiger partial charge in [0.1, 0.15) is 11.6 Å². The Kier molecular flexibility index (Phi) is 6.14. The molecule has 0 saturated heterocycles. The first kappa shape index (κ1) is 21.4. The van der Waals surface area contributed by atoms with E-state index >= 15 is 0 Å². The van der Waals surface area contributed by atoms with Crippen LogP contribution in [0.3, 0.4) is 0 Å². The SMILES string of the molecule is Cc1cc(NC(=O)c2ccccc2Cl)sc1C(=O)Nc1cc(C(N)=O)c(F)cc1F. The predicted molar refractivity (Wildman–Crippen MR) is 111 cm³/mol. The number of carbonyl (C=O) groups is 3. The third-order valence-electron chi connectivity index (χ3n) is 4.05. The molecule has 3 aromatic rings. The number of halogens is 3. The fraction of sp³-hybridized carbons (Fsp3) is 0.0500. The fourth-order valence-electron chi connectivity index (χ4n) is 2.61. The van der Waals surface area contributed by atoms with E-state index in [4.69, 9.17) is 17.3 Å². The van der Waals surface area contributed by atoms with Crippen LogP contribution in [0.5, 0.6) is 0 Å². The Hall–Kier alpha value is -3.30. The van der Waals surface area contributed by atoms with Crippen molar-refractivity contribution >= 4 is 51.3 Å². The van der Waals surface area contributed by atoms with Gasteiger partial charge in [0.15, 0.2) is 0 Å². The summed E-state index contributed by atoms with van der Waals surface area (Å²) < 4.78 is 27.6. The highest BCUT2D eigenvalue weighted by molar-refractivity contribution is 7.18. The van der Waals surface area contributed by atoms with E-state index in [0.29, 0.717) is 16.6 Å². The zero-order valence-electron chi connectivity index (χ0n) is 15.4. The van der Waals surface area contributed by atoms with Crippen molar-refractivity contribution in [1.29, 1.82) is 0 Å². The molecule has 154 valence electrons. The van der Waals surface area contributed by atoms with Crippen molar-refractivity contribution < 1.29 is 23.2 Å². The van der Waals surface area contributed by atoms with Gasteiger partial charge in [0, 0.05) is 6.07 Å². The van der Waals surface area contributed by atoms with Crippen LogP contribution in [0.2, 0.25) is 5.02 Å². The van der Waals surface area contributed by atoms with Gasteiger partial charge in [-0.15, -0.1) is 11.3 Å². The Bertz CT molecular complexity index is 1180. The summed E-state index contributed by atoms with van der Waals surface area (Å²) in [7, 11) is 0. The van der Waals surface area contributed by atoms with Gasteiger partial charge in [-0.25, -0.2) is 8.78 Å². The van der Waals surface area contributed by atoms with Gasteiger partial charge in [0.2, 0.25) is 0 Å². The van der Waals surface area contributed by atoms with Gasteiger partial charge in [-0.1, -0.05) is 23.7 Å². The lowest BCUT2D eigenvalue weighted by molar-refractivity contribution is 0.0991. The number of anilines is 2. The van der Waals surface area contributed by atoms with E-state index in [1.54, 1.807) is 37.3 Å². The van der Waals surface area contributed by atoms with E-state index in [1.165, 1.54) is 0 Å². The minimum absolute atomic E-state index is 0.189. The van der Waals surface area contributed by atoms with Crippen LogP contribution in [-0.2, 0) is 0 Å². The average molecular weight is 450 g/mol. The van der Waals surface area contributed by atoms with Crippen LogP contribution in [0.25, 0.3) is 0 Å². The van der Waals surface area contributed by atoms with Crippen molar-refractivity contribution in [2.45, 2.75) is 6.92 Å². The van der Waals surface area contributed by atoms with Crippen molar-refractivity contribution in [1.82, 2.24) is 0 Å². The maximum atomic E-state index is 14.0. The minimum Gasteiger partial charge on any atom is -0.366 e. The van der Waals surface area contributed by atoms with Gasteiger partial charge in [0.25, 0.3) is 17.7 Å². The first-order valence-electron chi connectivity index (χ1n) is 8.44. The van der Waals surface area contributed by atoms with Gasteiger partial charge in [-0.3, -0.25) is 14.4 Å². The van der Waals surface area contributed by atoms with Crippen LogP contribution in [0.1, 0.15) is 36.0 Å².